The van der Waals surface area contributed by atoms with Crippen LogP contribution in [-0.2, 0) is 4.74 Å². The number of aliphatic hydroxyl groups is 4. The van der Waals surface area contributed by atoms with E-state index in [1.165, 1.54) is 33.5 Å². The molecule has 1 aliphatic heterocycles. The van der Waals surface area contributed by atoms with E-state index in [2.05, 4.69) is 4.74 Å². The summed E-state index contributed by atoms with van der Waals surface area (Å²) in [5, 5.41) is 44.6. The van der Waals surface area contributed by atoms with Gasteiger partial charge in [-0.2, -0.15) is 0 Å². The van der Waals surface area contributed by atoms with Gasteiger partial charge in [-0.25, -0.2) is 0 Å². The summed E-state index contributed by atoms with van der Waals surface area (Å²) in [6.45, 7) is -0.864. The second-order valence-corrected chi connectivity index (χ2v) is 4.79. The number of methoxy groups -OCH3 is 3. The van der Waals surface area contributed by atoms with Crippen LogP contribution < -0.4 is 14.2 Å². The minimum absolute atomic E-state index is 0.0782. The van der Waals surface area contributed by atoms with E-state index in [1.54, 1.807) is 0 Å². The minimum atomic E-state index is -1.70. The molecule has 9 nitrogen and oxygen atoms in total. The average molecular weight is 334 g/mol. The molecule has 0 saturated carbocycles. The molecule has 0 radical (unpaired) electrons. The van der Waals surface area contributed by atoms with Gasteiger partial charge >= 0.3 is 0 Å². The summed E-state index contributed by atoms with van der Waals surface area (Å²) >= 11 is 0. The molecule has 1 aliphatic rings. The molecule has 1 aromatic carbocycles. The van der Waals surface area contributed by atoms with Crippen molar-refractivity contribution < 1.29 is 44.5 Å². The van der Waals surface area contributed by atoms with E-state index < -0.39 is 24.6 Å². The summed E-state index contributed by atoms with van der Waals surface area (Å²) in [6, 6.07) is 2.92. The topological polar surface area (TPSA) is 138 Å². The zero-order chi connectivity index (χ0) is 17.6. The quantitative estimate of drug-likeness (QED) is 0.461. The summed E-state index contributed by atoms with van der Waals surface area (Å²) in [5.41, 5.74) is -1.70. The lowest BCUT2D eigenvalue weighted by Crippen LogP contribution is -2.46. The maximum Gasteiger partial charge on any atom is 0.203 e. The molecule has 0 amide bonds. The van der Waals surface area contributed by atoms with E-state index in [1.807, 2.05) is 0 Å². The fourth-order valence-electron chi connectivity index (χ4n) is 1.88. The Morgan fingerprint density at radius 3 is 1.91 bits per heavy atom. The monoisotopic (exact) mass is 334 g/mol. The van der Waals surface area contributed by atoms with Gasteiger partial charge in [0, 0.05) is 12.1 Å². The molecule has 1 aromatic rings. The van der Waals surface area contributed by atoms with Crippen LogP contribution in [0.2, 0.25) is 0 Å². The largest absolute Gasteiger partial charge is 0.508 e. The first-order valence-corrected chi connectivity index (χ1v) is 6.63. The van der Waals surface area contributed by atoms with Gasteiger partial charge in [0.05, 0.1) is 34.5 Å². The van der Waals surface area contributed by atoms with Gasteiger partial charge in [-0.05, 0) is 0 Å². The predicted octanol–water partition coefficient (Wildman–Crippen LogP) is -1.16. The lowest BCUT2D eigenvalue weighted by atomic mass is 10.0. The van der Waals surface area contributed by atoms with Crippen molar-refractivity contribution in [2.75, 3.05) is 34.5 Å². The van der Waals surface area contributed by atoms with Crippen LogP contribution in [0.15, 0.2) is 12.1 Å². The first kappa shape index (κ1) is 19.3. The van der Waals surface area contributed by atoms with Crippen molar-refractivity contribution >= 4 is 0 Å². The van der Waals surface area contributed by atoms with Crippen molar-refractivity contribution in [2.45, 2.75) is 18.0 Å². The highest BCUT2D eigenvalue weighted by molar-refractivity contribution is 5.55. The molecule has 0 aliphatic carbocycles. The molecular weight excluding hydrogens is 312 g/mol. The van der Waals surface area contributed by atoms with Gasteiger partial charge in [-0.15, -0.1) is 0 Å². The Bertz CT molecular complexity index is 482. The number of phenols is 1. The van der Waals surface area contributed by atoms with Gasteiger partial charge in [-0.3, -0.25) is 0 Å². The molecule has 3 atom stereocenters. The summed E-state index contributed by atoms with van der Waals surface area (Å²) in [6.07, 6.45) is -2.81. The van der Waals surface area contributed by atoms with E-state index in [-0.39, 0.29) is 12.4 Å². The molecule has 1 saturated heterocycles. The van der Waals surface area contributed by atoms with Gasteiger partial charge < -0.3 is 44.5 Å². The molecule has 23 heavy (non-hydrogen) atoms. The highest BCUT2D eigenvalue weighted by Gasteiger charge is 2.46. The Morgan fingerprint density at radius 2 is 1.65 bits per heavy atom. The highest BCUT2D eigenvalue weighted by atomic mass is 16.6. The number of ether oxygens (including phenoxy) is 4. The number of hydrogen-bond donors (Lipinski definition) is 5. The lowest BCUT2D eigenvalue weighted by Gasteiger charge is -2.21. The summed E-state index contributed by atoms with van der Waals surface area (Å²) in [4.78, 5) is 0. The average Bonchev–Trinajstić information content (AvgIpc) is 2.82. The molecule has 5 N–H and O–H groups in total. The lowest BCUT2D eigenvalue weighted by molar-refractivity contribution is -0.128. The van der Waals surface area contributed by atoms with E-state index >= 15 is 0 Å². The van der Waals surface area contributed by atoms with Crippen molar-refractivity contribution in [3.63, 3.8) is 0 Å². The van der Waals surface area contributed by atoms with Crippen molar-refractivity contribution in [1.82, 2.24) is 0 Å². The molecule has 0 aromatic heterocycles. The van der Waals surface area contributed by atoms with E-state index in [0.29, 0.717) is 17.2 Å². The third kappa shape index (κ3) is 4.36. The Morgan fingerprint density at radius 1 is 1.13 bits per heavy atom. The van der Waals surface area contributed by atoms with E-state index in [0.717, 1.165) is 0 Å². The Kier molecular flexibility index (Phi) is 6.85. The van der Waals surface area contributed by atoms with Gasteiger partial charge in [0.2, 0.25) is 5.75 Å². The number of aliphatic hydroxyl groups excluding tert-OH is 3. The van der Waals surface area contributed by atoms with Gasteiger partial charge in [-0.1, -0.05) is 0 Å². The van der Waals surface area contributed by atoms with Crippen LogP contribution in [0.25, 0.3) is 0 Å². The van der Waals surface area contributed by atoms with Gasteiger partial charge in [0.25, 0.3) is 0 Å². The van der Waals surface area contributed by atoms with Crippen LogP contribution >= 0.6 is 0 Å². The summed E-state index contributed by atoms with van der Waals surface area (Å²) in [5.74, 6) is 1.44. The second kappa shape index (κ2) is 8.18. The number of benzene rings is 1. The van der Waals surface area contributed by atoms with E-state index in [9.17, 15) is 5.11 Å². The molecule has 1 fully saturated rings. The molecule has 0 bridgehead atoms. The third-order valence-electron chi connectivity index (χ3n) is 3.25. The molecule has 0 spiro atoms. The number of rotatable bonds is 4. The number of phenolic OH excluding ortho intramolecular Hbond substituents is 1. The Balaban J connectivity index is 0.000000238. The zero-order valence-electron chi connectivity index (χ0n) is 13.1. The minimum Gasteiger partial charge on any atom is -0.508 e. The first-order chi connectivity index (χ1) is 10.8. The second-order valence-electron chi connectivity index (χ2n) is 4.79. The fourth-order valence-corrected chi connectivity index (χ4v) is 1.88. The maximum absolute atomic E-state index is 9.26. The van der Waals surface area contributed by atoms with Gasteiger partial charge in [0.15, 0.2) is 17.8 Å². The molecule has 9 heteroatoms. The first-order valence-electron chi connectivity index (χ1n) is 6.63. The molecular formula is C14H22O9. The van der Waals surface area contributed by atoms with Crippen molar-refractivity contribution in [3.8, 4) is 23.0 Å². The molecule has 2 rings (SSSR count). The maximum atomic E-state index is 9.26. The van der Waals surface area contributed by atoms with Crippen LogP contribution in [0.3, 0.4) is 0 Å². The Hall–Kier alpha value is -1.78. The number of hydrogen-bond acceptors (Lipinski definition) is 9. The molecule has 132 valence electrons. The fraction of sp³-hybridized carbons (Fsp3) is 0.571. The summed E-state index contributed by atoms with van der Waals surface area (Å²) < 4.78 is 19.5. The predicted molar refractivity (Wildman–Crippen MR) is 77.8 cm³/mol. The van der Waals surface area contributed by atoms with Crippen molar-refractivity contribution in [2.24, 2.45) is 0 Å². The third-order valence-corrected chi connectivity index (χ3v) is 3.25. The molecule has 1 unspecified atom stereocenters. The van der Waals surface area contributed by atoms with Gasteiger partial charge in [0.1, 0.15) is 17.5 Å². The van der Waals surface area contributed by atoms with Crippen molar-refractivity contribution in [1.29, 1.82) is 0 Å². The van der Waals surface area contributed by atoms with Crippen LogP contribution in [0.5, 0.6) is 23.0 Å². The van der Waals surface area contributed by atoms with Crippen LogP contribution in [-0.4, -0.2) is 78.1 Å². The van der Waals surface area contributed by atoms with E-state index in [4.69, 9.17) is 34.6 Å². The van der Waals surface area contributed by atoms with Crippen molar-refractivity contribution in [3.05, 3.63) is 12.1 Å². The number of aromatic hydroxyl groups is 1. The SMILES string of the molecule is COc1cc(O)cc(OC)c1OC.OCC1(O)CO[C@@H](O)[C@@H]1O. The van der Waals surface area contributed by atoms with Crippen LogP contribution in [0.4, 0.5) is 0 Å². The molecule has 1 heterocycles. The standard InChI is InChI=1S/C9H12O4.C5H10O5/c1-11-7-4-6(10)5-8(12-2)9(7)13-3;6-1-5(9)2-10-4(8)3(5)7/h4-5,10H,1-3H3;3-4,6-9H,1-2H2/t;3-,4+,5?/m.0/s1. The smallest absolute Gasteiger partial charge is 0.203 e. The summed E-state index contributed by atoms with van der Waals surface area (Å²) in [7, 11) is 4.50. The Labute approximate surface area is 133 Å². The highest BCUT2D eigenvalue weighted by Crippen LogP contribution is 2.40. The zero-order valence-corrected chi connectivity index (χ0v) is 13.1. The van der Waals surface area contributed by atoms with Crippen LogP contribution in [0.1, 0.15) is 0 Å². The normalized spacial score (nSPS) is 26.2. The van der Waals surface area contributed by atoms with Crippen LogP contribution in [0, 0.1) is 0 Å².